The number of hydrogen-bond acceptors (Lipinski definition) is 2. The van der Waals surface area contributed by atoms with E-state index in [1.54, 1.807) is 13.8 Å². The van der Waals surface area contributed by atoms with Crippen molar-refractivity contribution in [2.45, 2.75) is 26.4 Å². The molecule has 0 fully saturated rings. The van der Waals surface area contributed by atoms with Gasteiger partial charge in [-0.1, -0.05) is 44.2 Å². The number of benzene rings is 2. The zero-order valence-corrected chi connectivity index (χ0v) is 14.3. The molecule has 25 heavy (non-hydrogen) atoms. The van der Waals surface area contributed by atoms with Gasteiger partial charge < -0.3 is 10.1 Å². The average Bonchev–Trinajstić information content (AvgIpc) is 2.54. The Hall–Kier alpha value is -2.50. The zero-order valence-electron chi connectivity index (χ0n) is 14.3. The molecular formula is C19H20F3NO2. The molecule has 0 radical (unpaired) electrons. The van der Waals surface area contributed by atoms with E-state index in [1.807, 2.05) is 30.3 Å². The summed E-state index contributed by atoms with van der Waals surface area (Å²) in [7, 11) is 1.17. The third-order valence-electron chi connectivity index (χ3n) is 3.87. The third kappa shape index (κ3) is 4.75. The van der Waals surface area contributed by atoms with Crippen molar-refractivity contribution >= 4 is 11.6 Å². The summed E-state index contributed by atoms with van der Waals surface area (Å²) in [4.78, 5) is 12.5. The summed E-state index contributed by atoms with van der Waals surface area (Å²) in [5.41, 5.74) is -0.638. The fraction of sp³-hybridized carbons (Fsp3) is 0.316. The lowest BCUT2D eigenvalue weighted by atomic mass is 9.84. The first-order valence-corrected chi connectivity index (χ1v) is 7.74. The lowest BCUT2D eigenvalue weighted by molar-refractivity contribution is -0.138. The zero-order chi connectivity index (χ0) is 18.7. The van der Waals surface area contributed by atoms with Gasteiger partial charge in [0, 0.05) is 11.1 Å². The fourth-order valence-electron chi connectivity index (χ4n) is 2.49. The van der Waals surface area contributed by atoms with E-state index in [0.717, 1.165) is 11.6 Å². The van der Waals surface area contributed by atoms with Crippen molar-refractivity contribution in [1.29, 1.82) is 0 Å². The molecule has 2 aromatic carbocycles. The van der Waals surface area contributed by atoms with Crippen molar-refractivity contribution in [3.8, 4) is 5.75 Å². The van der Waals surface area contributed by atoms with Crippen LogP contribution in [0.3, 0.4) is 0 Å². The highest BCUT2D eigenvalue weighted by atomic mass is 19.4. The van der Waals surface area contributed by atoms with Gasteiger partial charge in [-0.25, -0.2) is 0 Å². The molecule has 0 aliphatic carbocycles. The van der Waals surface area contributed by atoms with Crippen molar-refractivity contribution < 1.29 is 22.7 Å². The Morgan fingerprint density at radius 3 is 2.28 bits per heavy atom. The molecule has 0 atom stereocenters. The summed E-state index contributed by atoms with van der Waals surface area (Å²) in [5, 5.41) is 2.57. The number of carbonyl (C=O) groups is 1. The first-order chi connectivity index (χ1) is 11.6. The maximum atomic E-state index is 13.1. The number of amides is 1. The van der Waals surface area contributed by atoms with Crippen LogP contribution in [0.15, 0.2) is 48.5 Å². The summed E-state index contributed by atoms with van der Waals surface area (Å²) < 4.78 is 44.0. The lowest BCUT2D eigenvalue weighted by Crippen LogP contribution is -2.32. The van der Waals surface area contributed by atoms with E-state index in [0.29, 0.717) is 6.42 Å². The molecule has 0 saturated carbocycles. The second-order valence-electron chi connectivity index (χ2n) is 6.41. The molecule has 3 nitrogen and oxygen atoms in total. The molecule has 0 aliphatic heterocycles. The van der Waals surface area contributed by atoms with E-state index in [-0.39, 0.29) is 17.3 Å². The Balaban J connectivity index is 2.19. The topological polar surface area (TPSA) is 38.3 Å². The van der Waals surface area contributed by atoms with Gasteiger partial charge in [0.2, 0.25) is 5.91 Å². The number of alkyl halides is 3. The van der Waals surface area contributed by atoms with Crippen LogP contribution >= 0.6 is 0 Å². The van der Waals surface area contributed by atoms with Crippen LogP contribution in [-0.2, 0) is 17.4 Å². The van der Waals surface area contributed by atoms with E-state index in [9.17, 15) is 18.0 Å². The first kappa shape index (κ1) is 18.8. The maximum absolute atomic E-state index is 13.1. The summed E-state index contributed by atoms with van der Waals surface area (Å²) in [6, 6.07) is 12.9. The summed E-state index contributed by atoms with van der Waals surface area (Å²) in [5.74, 6) is -0.635. The second kappa shape index (κ2) is 7.17. The fourth-order valence-corrected chi connectivity index (χ4v) is 2.49. The van der Waals surface area contributed by atoms with Crippen LogP contribution in [0.25, 0.3) is 0 Å². The number of nitrogens with one attached hydrogen (secondary N) is 1. The first-order valence-electron chi connectivity index (χ1n) is 7.74. The van der Waals surface area contributed by atoms with E-state index >= 15 is 0 Å². The largest absolute Gasteiger partial charge is 0.496 e. The van der Waals surface area contributed by atoms with Crippen LogP contribution in [0, 0.1) is 5.41 Å². The highest BCUT2D eigenvalue weighted by molar-refractivity contribution is 5.95. The normalized spacial score (nSPS) is 11.9. The van der Waals surface area contributed by atoms with Crippen LogP contribution in [-0.4, -0.2) is 13.0 Å². The predicted molar refractivity (Wildman–Crippen MR) is 90.6 cm³/mol. The average molecular weight is 351 g/mol. The van der Waals surface area contributed by atoms with Gasteiger partial charge in [0.25, 0.3) is 0 Å². The minimum atomic E-state index is -4.56. The highest BCUT2D eigenvalue weighted by Gasteiger charge is 2.35. The van der Waals surface area contributed by atoms with E-state index < -0.39 is 17.2 Å². The van der Waals surface area contributed by atoms with Crippen LogP contribution in [0.1, 0.15) is 25.0 Å². The number of methoxy groups -OCH3 is 1. The standard InChI is InChI=1S/C19H20F3NO2/c1-18(2,12-13-7-5-4-6-8-13)17(24)23-14-9-10-16(25-3)15(11-14)19(20,21)22/h4-11H,12H2,1-3H3,(H,23,24). The van der Waals surface area contributed by atoms with Crippen LogP contribution in [0.4, 0.5) is 18.9 Å². The predicted octanol–water partition coefficient (Wildman–Crippen LogP) is 4.92. The van der Waals surface area contributed by atoms with Gasteiger partial charge >= 0.3 is 6.18 Å². The van der Waals surface area contributed by atoms with Crippen LogP contribution in [0.2, 0.25) is 0 Å². The van der Waals surface area contributed by atoms with Crippen molar-refractivity contribution in [2.75, 3.05) is 12.4 Å². The lowest BCUT2D eigenvalue weighted by Gasteiger charge is -2.24. The van der Waals surface area contributed by atoms with Crippen molar-refractivity contribution in [2.24, 2.45) is 5.41 Å². The summed E-state index contributed by atoms with van der Waals surface area (Å²) >= 11 is 0. The summed E-state index contributed by atoms with van der Waals surface area (Å²) in [6.07, 6.45) is -4.09. The molecule has 0 aromatic heterocycles. The SMILES string of the molecule is COc1ccc(NC(=O)C(C)(C)Cc2ccccc2)cc1C(F)(F)F. The van der Waals surface area contributed by atoms with Gasteiger partial charge in [-0.2, -0.15) is 13.2 Å². The summed E-state index contributed by atoms with van der Waals surface area (Å²) in [6.45, 7) is 3.51. The minimum absolute atomic E-state index is 0.0826. The highest BCUT2D eigenvalue weighted by Crippen LogP contribution is 2.38. The van der Waals surface area contributed by atoms with Gasteiger partial charge in [0.05, 0.1) is 12.7 Å². The van der Waals surface area contributed by atoms with E-state index in [1.165, 1.54) is 19.2 Å². The Morgan fingerprint density at radius 2 is 1.72 bits per heavy atom. The molecule has 0 saturated heterocycles. The smallest absolute Gasteiger partial charge is 0.420 e. The Bertz CT molecular complexity index is 740. The van der Waals surface area contributed by atoms with Crippen LogP contribution in [0.5, 0.6) is 5.75 Å². The number of carbonyl (C=O) groups excluding carboxylic acids is 1. The maximum Gasteiger partial charge on any atom is 0.420 e. The molecule has 0 heterocycles. The number of ether oxygens (including phenoxy) is 1. The molecule has 134 valence electrons. The Kier molecular flexibility index (Phi) is 5.40. The van der Waals surface area contributed by atoms with Gasteiger partial charge in [-0.05, 0) is 30.2 Å². The molecule has 6 heteroatoms. The molecule has 0 aliphatic rings. The van der Waals surface area contributed by atoms with E-state index in [2.05, 4.69) is 5.32 Å². The van der Waals surface area contributed by atoms with Gasteiger partial charge in [0.15, 0.2) is 0 Å². The molecule has 1 N–H and O–H groups in total. The quantitative estimate of drug-likeness (QED) is 0.830. The van der Waals surface area contributed by atoms with Gasteiger partial charge in [-0.15, -0.1) is 0 Å². The number of anilines is 1. The molecule has 0 spiro atoms. The number of hydrogen-bond donors (Lipinski definition) is 1. The van der Waals surface area contributed by atoms with Crippen LogP contribution < -0.4 is 10.1 Å². The van der Waals surface area contributed by atoms with Crippen molar-refractivity contribution in [1.82, 2.24) is 0 Å². The Labute approximate surface area is 144 Å². The number of halogens is 3. The monoisotopic (exact) mass is 351 g/mol. The molecular weight excluding hydrogens is 331 g/mol. The van der Waals surface area contributed by atoms with Gasteiger partial charge in [-0.3, -0.25) is 4.79 Å². The second-order valence-corrected chi connectivity index (χ2v) is 6.41. The molecule has 0 unspecified atom stereocenters. The number of rotatable bonds is 5. The Morgan fingerprint density at radius 1 is 1.08 bits per heavy atom. The van der Waals surface area contributed by atoms with E-state index in [4.69, 9.17) is 4.74 Å². The van der Waals surface area contributed by atoms with Crippen molar-refractivity contribution in [3.63, 3.8) is 0 Å². The van der Waals surface area contributed by atoms with Crippen molar-refractivity contribution in [3.05, 3.63) is 59.7 Å². The van der Waals surface area contributed by atoms with Gasteiger partial charge in [0.1, 0.15) is 5.75 Å². The molecule has 0 bridgehead atoms. The minimum Gasteiger partial charge on any atom is -0.496 e. The third-order valence-corrected chi connectivity index (χ3v) is 3.87. The molecule has 2 rings (SSSR count). The molecule has 1 amide bonds. The molecule has 2 aromatic rings.